The van der Waals surface area contributed by atoms with Crippen molar-refractivity contribution in [2.45, 2.75) is 13.8 Å². The average Bonchev–Trinajstić information content (AvgIpc) is 2.99. The summed E-state index contributed by atoms with van der Waals surface area (Å²) in [5, 5.41) is 3.15. The normalized spacial score (nSPS) is 10.7. The molecule has 0 aliphatic rings. The van der Waals surface area contributed by atoms with E-state index in [2.05, 4.69) is 5.32 Å². The topological polar surface area (TPSA) is 77.8 Å². The molecule has 132 valence electrons. The van der Waals surface area contributed by atoms with Crippen molar-refractivity contribution in [2.24, 2.45) is 0 Å². The molecule has 0 bridgehead atoms. The minimum atomic E-state index is -0.650. The van der Waals surface area contributed by atoms with E-state index in [0.717, 1.165) is 11.3 Å². The molecule has 2 aromatic rings. The number of halogens is 1. The fourth-order valence-electron chi connectivity index (χ4n) is 1.99. The number of hydrogen-bond acceptors (Lipinski definition) is 5. The van der Waals surface area contributed by atoms with Crippen molar-refractivity contribution in [3.8, 4) is 5.75 Å². The number of anilines is 1. The van der Waals surface area contributed by atoms with E-state index in [4.69, 9.17) is 25.5 Å². The molecule has 6 nitrogen and oxygen atoms in total. The lowest BCUT2D eigenvalue weighted by Gasteiger charge is -2.12. The third-order valence-corrected chi connectivity index (χ3v) is 3.65. The molecule has 0 spiro atoms. The summed E-state index contributed by atoms with van der Waals surface area (Å²) >= 11 is 6.01. The van der Waals surface area contributed by atoms with Gasteiger partial charge in [-0.2, -0.15) is 0 Å². The number of aryl methyl sites for hydroxylation is 2. The first-order valence-corrected chi connectivity index (χ1v) is 7.82. The number of esters is 1. The van der Waals surface area contributed by atoms with E-state index >= 15 is 0 Å². The van der Waals surface area contributed by atoms with Gasteiger partial charge in [0.25, 0.3) is 5.91 Å². The maximum atomic E-state index is 11.9. The van der Waals surface area contributed by atoms with Gasteiger partial charge >= 0.3 is 5.97 Å². The van der Waals surface area contributed by atoms with E-state index in [-0.39, 0.29) is 0 Å². The number of rotatable bonds is 6. The summed E-state index contributed by atoms with van der Waals surface area (Å²) < 4.78 is 15.3. The Kier molecular flexibility index (Phi) is 6.25. The van der Waals surface area contributed by atoms with Crippen LogP contribution in [-0.2, 0) is 14.3 Å². The molecule has 0 unspecified atom stereocenters. The van der Waals surface area contributed by atoms with Gasteiger partial charge in [0.2, 0.25) is 0 Å². The number of nitrogens with one attached hydrogen (secondary N) is 1. The number of carbonyl (C=O) groups is 2. The van der Waals surface area contributed by atoms with E-state index in [1.807, 2.05) is 0 Å². The van der Waals surface area contributed by atoms with Crippen molar-refractivity contribution in [3.63, 3.8) is 0 Å². The summed E-state index contributed by atoms with van der Waals surface area (Å²) in [6.07, 6.45) is 2.66. The molecule has 1 aromatic carbocycles. The summed E-state index contributed by atoms with van der Waals surface area (Å²) in [4.78, 5) is 23.6. The molecular weight excluding hydrogens is 346 g/mol. The Morgan fingerprint density at radius 2 is 2.04 bits per heavy atom. The maximum absolute atomic E-state index is 11.9. The molecule has 0 aliphatic heterocycles. The second kappa shape index (κ2) is 8.39. The van der Waals surface area contributed by atoms with E-state index in [0.29, 0.717) is 22.2 Å². The van der Waals surface area contributed by atoms with Crippen LogP contribution in [-0.4, -0.2) is 25.6 Å². The summed E-state index contributed by atoms with van der Waals surface area (Å²) in [7, 11) is 1.47. The Morgan fingerprint density at radius 3 is 2.68 bits per heavy atom. The highest BCUT2D eigenvalue weighted by Gasteiger charge is 2.11. The van der Waals surface area contributed by atoms with Crippen LogP contribution in [0.1, 0.15) is 17.1 Å². The second-order valence-corrected chi connectivity index (χ2v) is 5.65. The molecule has 1 amide bonds. The highest BCUT2D eigenvalue weighted by molar-refractivity contribution is 6.31. The summed E-state index contributed by atoms with van der Waals surface area (Å²) in [6, 6.07) is 6.79. The van der Waals surface area contributed by atoms with E-state index in [1.165, 1.54) is 19.3 Å². The maximum Gasteiger partial charge on any atom is 0.331 e. The van der Waals surface area contributed by atoms with Crippen molar-refractivity contribution < 1.29 is 23.5 Å². The zero-order valence-electron chi connectivity index (χ0n) is 14.1. The number of benzene rings is 1. The minimum absolute atomic E-state index is 0.420. The molecule has 0 fully saturated rings. The molecule has 0 aliphatic carbocycles. The van der Waals surface area contributed by atoms with Crippen molar-refractivity contribution in [1.82, 2.24) is 0 Å². The van der Waals surface area contributed by atoms with Crippen LogP contribution in [0, 0.1) is 13.8 Å². The molecular formula is C18H18ClNO5. The molecule has 1 aromatic heterocycles. The van der Waals surface area contributed by atoms with Gasteiger partial charge in [0, 0.05) is 17.2 Å². The Morgan fingerprint density at radius 1 is 1.28 bits per heavy atom. The molecule has 1 heterocycles. The van der Waals surface area contributed by atoms with Crippen LogP contribution in [0.3, 0.4) is 0 Å². The number of amides is 1. The van der Waals surface area contributed by atoms with Gasteiger partial charge in [-0.15, -0.1) is 0 Å². The fraction of sp³-hybridized carbons (Fsp3) is 0.222. The van der Waals surface area contributed by atoms with Crippen molar-refractivity contribution >= 4 is 35.2 Å². The van der Waals surface area contributed by atoms with Crippen LogP contribution < -0.4 is 10.1 Å². The Balaban J connectivity index is 1.89. The minimum Gasteiger partial charge on any atom is -0.495 e. The molecule has 2 rings (SSSR count). The van der Waals surface area contributed by atoms with Crippen LogP contribution in [0.2, 0.25) is 5.02 Å². The zero-order chi connectivity index (χ0) is 18.4. The third-order valence-electron chi connectivity index (χ3n) is 3.25. The van der Waals surface area contributed by atoms with Crippen LogP contribution in [0.25, 0.3) is 6.08 Å². The highest BCUT2D eigenvalue weighted by atomic mass is 35.5. The highest BCUT2D eigenvalue weighted by Crippen LogP contribution is 2.30. The molecule has 1 N–H and O–H groups in total. The zero-order valence-corrected chi connectivity index (χ0v) is 14.8. The first-order valence-electron chi connectivity index (χ1n) is 7.44. The molecule has 0 saturated carbocycles. The SMILES string of the molecule is COc1cc(Cl)c(C)cc1NC(=O)COC(=O)/C=C/c1ccc(C)o1. The smallest absolute Gasteiger partial charge is 0.331 e. The van der Waals surface area contributed by atoms with Crippen molar-refractivity contribution in [2.75, 3.05) is 19.0 Å². The fourth-order valence-corrected chi connectivity index (χ4v) is 2.15. The van der Waals surface area contributed by atoms with Gasteiger partial charge in [-0.3, -0.25) is 4.79 Å². The molecule has 0 atom stereocenters. The first kappa shape index (κ1) is 18.6. The predicted octanol–water partition coefficient (Wildman–Crippen LogP) is 3.75. The van der Waals surface area contributed by atoms with E-state index in [1.54, 1.807) is 38.1 Å². The van der Waals surface area contributed by atoms with Gasteiger partial charge in [0.1, 0.15) is 17.3 Å². The lowest BCUT2D eigenvalue weighted by Crippen LogP contribution is -2.20. The summed E-state index contributed by atoms with van der Waals surface area (Å²) in [5.74, 6) is 0.544. The standard InChI is InChI=1S/C18H18ClNO5/c1-11-8-15(16(23-3)9-14(11)19)20-17(21)10-24-18(22)7-6-13-5-4-12(2)25-13/h4-9H,10H2,1-3H3,(H,20,21)/b7-6+. The number of carbonyl (C=O) groups excluding carboxylic acids is 2. The van der Waals surface area contributed by atoms with E-state index in [9.17, 15) is 9.59 Å². The molecule has 0 saturated heterocycles. The number of furan rings is 1. The van der Waals surface area contributed by atoms with Gasteiger partial charge in [-0.25, -0.2) is 4.79 Å². The van der Waals surface area contributed by atoms with Crippen LogP contribution in [0.15, 0.2) is 34.8 Å². The lowest BCUT2D eigenvalue weighted by atomic mass is 10.2. The quantitative estimate of drug-likeness (QED) is 0.624. The van der Waals surface area contributed by atoms with E-state index < -0.39 is 18.5 Å². The van der Waals surface area contributed by atoms with Gasteiger partial charge in [0.15, 0.2) is 6.61 Å². The number of ether oxygens (including phenoxy) is 2. The van der Waals surface area contributed by atoms with Crippen LogP contribution >= 0.6 is 11.6 Å². The van der Waals surface area contributed by atoms with Crippen LogP contribution in [0.5, 0.6) is 5.75 Å². The second-order valence-electron chi connectivity index (χ2n) is 5.24. The van der Waals surface area contributed by atoms with Gasteiger partial charge in [-0.1, -0.05) is 11.6 Å². The monoisotopic (exact) mass is 363 g/mol. The Bertz CT molecular complexity index is 810. The van der Waals surface area contributed by atoms with Gasteiger partial charge < -0.3 is 19.2 Å². The molecule has 7 heteroatoms. The van der Waals surface area contributed by atoms with Crippen LogP contribution in [0.4, 0.5) is 5.69 Å². The lowest BCUT2D eigenvalue weighted by molar-refractivity contribution is -0.142. The third kappa shape index (κ3) is 5.39. The van der Waals surface area contributed by atoms with Gasteiger partial charge in [-0.05, 0) is 43.7 Å². The first-order chi connectivity index (χ1) is 11.9. The van der Waals surface area contributed by atoms with Gasteiger partial charge in [0.05, 0.1) is 12.8 Å². The Hall–Kier alpha value is -2.73. The van der Waals surface area contributed by atoms with Crippen molar-refractivity contribution in [3.05, 3.63) is 52.4 Å². The number of hydrogen-bond donors (Lipinski definition) is 1. The van der Waals surface area contributed by atoms with Crippen molar-refractivity contribution in [1.29, 1.82) is 0 Å². The summed E-state index contributed by atoms with van der Waals surface area (Å²) in [6.45, 7) is 3.18. The number of methoxy groups -OCH3 is 1. The largest absolute Gasteiger partial charge is 0.495 e. The predicted molar refractivity (Wildman–Crippen MR) is 94.8 cm³/mol. The average molecular weight is 364 g/mol. The molecule has 25 heavy (non-hydrogen) atoms. The molecule has 0 radical (unpaired) electrons. The summed E-state index contributed by atoms with van der Waals surface area (Å²) in [5.41, 5.74) is 1.23. The Labute approximate surface area is 150 Å².